The minimum absolute atomic E-state index is 0.0439. The number of hydrogen-bond donors (Lipinski definition) is 0. The van der Waals surface area contributed by atoms with Gasteiger partial charge in [0.2, 0.25) is 5.91 Å². The zero-order valence-corrected chi connectivity index (χ0v) is 11.8. The lowest BCUT2D eigenvalue weighted by molar-refractivity contribution is -0.134. The predicted molar refractivity (Wildman–Crippen MR) is 73.2 cm³/mol. The quantitative estimate of drug-likeness (QED) is 0.819. The van der Waals surface area contributed by atoms with Crippen LogP contribution in [-0.4, -0.2) is 33.7 Å². The molecule has 0 saturated carbocycles. The first-order valence-corrected chi connectivity index (χ1v) is 6.98. The van der Waals surface area contributed by atoms with Crippen LogP contribution in [-0.2, 0) is 17.6 Å². The van der Waals surface area contributed by atoms with Gasteiger partial charge in [-0.15, -0.1) is 0 Å². The number of aryl methyl sites for hydroxylation is 2. The van der Waals surface area contributed by atoms with Crippen molar-refractivity contribution in [1.29, 1.82) is 0 Å². The predicted octanol–water partition coefficient (Wildman–Crippen LogP) is 1.16. The molecule has 0 aromatic carbocycles. The molecule has 0 bridgehead atoms. The third-order valence-corrected chi connectivity index (χ3v) is 3.78. The minimum Gasteiger partial charge on any atom is -0.341 e. The molecule has 0 radical (unpaired) electrons. The summed E-state index contributed by atoms with van der Waals surface area (Å²) in [5, 5.41) is 4.38. The minimum atomic E-state index is -0.529. The Kier molecular flexibility index (Phi) is 4.02. The van der Waals surface area contributed by atoms with E-state index in [1.165, 1.54) is 4.68 Å². The van der Waals surface area contributed by atoms with Gasteiger partial charge in [0.05, 0.1) is 5.69 Å². The molecule has 1 atom stereocenters. The van der Waals surface area contributed by atoms with Gasteiger partial charge < -0.3 is 4.90 Å². The van der Waals surface area contributed by atoms with Gasteiger partial charge in [-0.2, -0.15) is 5.10 Å². The Balaban J connectivity index is 2.31. The highest BCUT2D eigenvalue weighted by atomic mass is 16.2. The van der Waals surface area contributed by atoms with Gasteiger partial charge in [0.1, 0.15) is 6.04 Å². The third kappa shape index (κ3) is 2.55. The summed E-state index contributed by atoms with van der Waals surface area (Å²) < 4.78 is 1.34. The number of likely N-dealkylation sites (N-methyl/N-ethyl adjacent to an activating group) is 1. The second-order valence-electron chi connectivity index (χ2n) is 4.94. The zero-order chi connectivity index (χ0) is 14.0. The fourth-order valence-corrected chi connectivity index (χ4v) is 2.60. The molecular weight excluding hydrogens is 242 g/mol. The highest BCUT2D eigenvalue weighted by Gasteiger charge is 2.23. The van der Waals surface area contributed by atoms with E-state index in [0.29, 0.717) is 13.1 Å². The molecule has 0 saturated heterocycles. The van der Waals surface area contributed by atoms with Crippen molar-refractivity contribution in [1.82, 2.24) is 14.7 Å². The number of aromatic nitrogens is 2. The van der Waals surface area contributed by atoms with Crippen LogP contribution in [0.4, 0.5) is 0 Å². The van der Waals surface area contributed by atoms with Gasteiger partial charge in [-0.3, -0.25) is 9.59 Å². The summed E-state index contributed by atoms with van der Waals surface area (Å²) in [6.07, 6.45) is 2.88. The largest absolute Gasteiger partial charge is 0.341 e. The number of amides is 1. The van der Waals surface area contributed by atoms with Gasteiger partial charge in [-0.05, 0) is 45.6 Å². The molecule has 0 N–H and O–H groups in total. The van der Waals surface area contributed by atoms with Crippen LogP contribution < -0.4 is 5.56 Å². The second kappa shape index (κ2) is 5.55. The number of nitrogens with zero attached hydrogens (tertiary/aromatic N) is 3. The van der Waals surface area contributed by atoms with E-state index in [4.69, 9.17) is 0 Å². The van der Waals surface area contributed by atoms with Crippen LogP contribution in [0.2, 0.25) is 0 Å². The highest BCUT2D eigenvalue weighted by Crippen LogP contribution is 2.18. The van der Waals surface area contributed by atoms with Crippen LogP contribution in [0.3, 0.4) is 0 Å². The molecular formula is C14H21N3O2. The first kappa shape index (κ1) is 13.8. The topological polar surface area (TPSA) is 55.2 Å². The lowest BCUT2D eigenvalue weighted by Gasteiger charge is -2.23. The second-order valence-corrected chi connectivity index (χ2v) is 4.94. The molecule has 0 spiro atoms. The summed E-state index contributed by atoms with van der Waals surface area (Å²) in [6, 6.07) is 1.11. The Hall–Kier alpha value is -1.65. The molecule has 1 unspecified atom stereocenters. The van der Waals surface area contributed by atoms with Crippen molar-refractivity contribution in [3.8, 4) is 0 Å². The van der Waals surface area contributed by atoms with E-state index in [1.54, 1.807) is 17.9 Å². The summed E-state index contributed by atoms with van der Waals surface area (Å²) in [5.41, 5.74) is 1.84. The van der Waals surface area contributed by atoms with Crippen LogP contribution in [0.5, 0.6) is 0 Å². The van der Waals surface area contributed by atoms with Crippen LogP contribution in [0.25, 0.3) is 0 Å². The van der Waals surface area contributed by atoms with Gasteiger partial charge in [-0.1, -0.05) is 0 Å². The van der Waals surface area contributed by atoms with E-state index >= 15 is 0 Å². The van der Waals surface area contributed by atoms with Crippen LogP contribution in [0.1, 0.15) is 44.5 Å². The number of hydrogen-bond acceptors (Lipinski definition) is 3. The lowest BCUT2D eigenvalue weighted by atomic mass is 10.2. The van der Waals surface area contributed by atoms with Crippen LogP contribution in [0.15, 0.2) is 10.9 Å². The molecule has 1 aromatic rings. The van der Waals surface area contributed by atoms with E-state index in [-0.39, 0.29) is 11.5 Å². The molecule has 104 valence electrons. The van der Waals surface area contributed by atoms with Crippen LogP contribution >= 0.6 is 0 Å². The molecule has 0 aliphatic heterocycles. The first-order chi connectivity index (χ1) is 9.08. The molecule has 1 heterocycles. The van der Waals surface area contributed by atoms with Gasteiger partial charge in [0.25, 0.3) is 5.56 Å². The van der Waals surface area contributed by atoms with Crippen molar-refractivity contribution in [3.05, 3.63) is 27.7 Å². The van der Waals surface area contributed by atoms with Crippen molar-refractivity contribution < 1.29 is 4.79 Å². The van der Waals surface area contributed by atoms with Gasteiger partial charge in [0.15, 0.2) is 0 Å². The number of carbonyl (C=O) groups is 1. The van der Waals surface area contributed by atoms with E-state index in [1.807, 2.05) is 13.8 Å². The third-order valence-electron chi connectivity index (χ3n) is 3.78. The fraction of sp³-hybridized carbons (Fsp3) is 0.643. The molecule has 5 heteroatoms. The molecule has 1 amide bonds. The molecule has 2 rings (SSSR count). The number of carbonyl (C=O) groups excluding carboxylic acids is 1. The molecule has 1 aliphatic rings. The highest BCUT2D eigenvalue weighted by molar-refractivity contribution is 5.79. The Morgan fingerprint density at radius 1 is 1.42 bits per heavy atom. The maximum absolute atomic E-state index is 12.3. The smallest absolute Gasteiger partial charge is 0.267 e. The Morgan fingerprint density at radius 2 is 2.11 bits per heavy atom. The average Bonchev–Trinajstić information content (AvgIpc) is 2.85. The molecule has 1 aliphatic carbocycles. The summed E-state index contributed by atoms with van der Waals surface area (Å²) in [7, 11) is 0. The summed E-state index contributed by atoms with van der Waals surface area (Å²) in [4.78, 5) is 26.1. The van der Waals surface area contributed by atoms with Crippen molar-refractivity contribution in [2.75, 3.05) is 13.1 Å². The SMILES string of the molecule is CCN(CC)C(=O)C(C)n1nc2c(cc1=O)CCC2. The average molecular weight is 263 g/mol. The van der Waals surface area contributed by atoms with Gasteiger partial charge in [-0.25, -0.2) is 4.68 Å². The Morgan fingerprint density at radius 3 is 2.74 bits per heavy atom. The summed E-state index contributed by atoms with van der Waals surface area (Å²) in [5.74, 6) is -0.0439. The monoisotopic (exact) mass is 263 g/mol. The standard InChI is InChI=1S/C14H21N3O2/c1-4-16(5-2)14(19)10(3)17-13(18)9-11-7-6-8-12(11)15-17/h9-10H,4-8H2,1-3H3. The molecule has 0 fully saturated rings. The van der Waals surface area contributed by atoms with Gasteiger partial charge in [0, 0.05) is 19.2 Å². The number of fused-ring (bicyclic) bond motifs is 1. The van der Waals surface area contributed by atoms with Crippen molar-refractivity contribution in [2.24, 2.45) is 0 Å². The summed E-state index contributed by atoms with van der Waals surface area (Å²) >= 11 is 0. The van der Waals surface area contributed by atoms with E-state index in [2.05, 4.69) is 5.10 Å². The maximum atomic E-state index is 12.3. The van der Waals surface area contributed by atoms with Crippen LogP contribution in [0, 0.1) is 0 Å². The first-order valence-electron chi connectivity index (χ1n) is 6.98. The zero-order valence-electron chi connectivity index (χ0n) is 11.8. The van der Waals surface area contributed by atoms with Crippen molar-refractivity contribution >= 4 is 5.91 Å². The number of rotatable bonds is 4. The van der Waals surface area contributed by atoms with E-state index < -0.39 is 6.04 Å². The fourth-order valence-electron chi connectivity index (χ4n) is 2.60. The Labute approximate surface area is 113 Å². The van der Waals surface area contributed by atoms with Crippen molar-refractivity contribution in [3.63, 3.8) is 0 Å². The molecule has 5 nitrogen and oxygen atoms in total. The van der Waals surface area contributed by atoms with Gasteiger partial charge >= 0.3 is 0 Å². The normalized spacial score (nSPS) is 15.1. The van der Waals surface area contributed by atoms with E-state index in [0.717, 1.165) is 30.5 Å². The van der Waals surface area contributed by atoms with Crippen molar-refractivity contribution in [2.45, 2.75) is 46.1 Å². The molecule has 19 heavy (non-hydrogen) atoms. The lowest BCUT2D eigenvalue weighted by Crippen LogP contribution is -2.40. The molecule has 1 aromatic heterocycles. The van der Waals surface area contributed by atoms with E-state index in [9.17, 15) is 9.59 Å². The Bertz CT molecular complexity index is 532. The summed E-state index contributed by atoms with van der Waals surface area (Å²) in [6.45, 7) is 6.93. The maximum Gasteiger partial charge on any atom is 0.267 e.